The summed E-state index contributed by atoms with van der Waals surface area (Å²) in [6, 6.07) is 12.6. The number of rotatable bonds is 10. The van der Waals surface area contributed by atoms with Crippen molar-refractivity contribution in [1.82, 2.24) is 0 Å². The van der Waals surface area contributed by atoms with E-state index >= 15 is 0 Å². The Bertz CT molecular complexity index is 940. The van der Waals surface area contributed by atoms with E-state index in [0.29, 0.717) is 11.3 Å². The van der Waals surface area contributed by atoms with Crippen molar-refractivity contribution >= 4 is 11.9 Å². The monoisotopic (exact) mass is 452 g/mol. The van der Waals surface area contributed by atoms with Crippen LogP contribution in [0.25, 0.3) is 0 Å². The minimum Gasteiger partial charge on any atom is -0.489 e. The second-order valence-corrected chi connectivity index (χ2v) is 7.01. The lowest BCUT2D eigenvalue weighted by molar-refractivity contribution is -0.278. The topological polar surface area (TPSA) is 82.1 Å². The zero-order chi connectivity index (χ0) is 23.9. The van der Waals surface area contributed by atoms with E-state index in [1.54, 1.807) is 12.1 Å². The molecule has 2 atom stereocenters. The quantitative estimate of drug-likeness (QED) is 0.428. The molecule has 0 aliphatic carbocycles. The minimum atomic E-state index is -5.10. The van der Waals surface area contributed by atoms with Crippen molar-refractivity contribution in [2.75, 3.05) is 13.7 Å². The number of esters is 1. The van der Waals surface area contributed by atoms with Crippen molar-refractivity contribution in [2.24, 2.45) is 0 Å². The molecule has 172 valence electrons. The predicted octanol–water partition coefficient (Wildman–Crippen LogP) is 4.28. The normalized spacial score (nSPS) is 14.2. The molecule has 9 heteroatoms. The van der Waals surface area contributed by atoms with Crippen LogP contribution in [0.2, 0.25) is 0 Å². The van der Waals surface area contributed by atoms with Crippen LogP contribution >= 0.6 is 0 Å². The lowest BCUT2D eigenvalue weighted by atomic mass is 9.92. The molecular weight excluding hydrogens is 429 g/mol. The third kappa shape index (κ3) is 5.67. The summed E-state index contributed by atoms with van der Waals surface area (Å²) in [5.41, 5.74) is -2.93. The molecule has 0 heterocycles. The van der Waals surface area contributed by atoms with E-state index < -0.39 is 35.4 Å². The highest BCUT2D eigenvalue weighted by atomic mass is 19.4. The van der Waals surface area contributed by atoms with Gasteiger partial charge in [0.05, 0.1) is 6.42 Å². The Morgan fingerprint density at radius 3 is 2.12 bits per heavy atom. The zero-order valence-corrected chi connectivity index (χ0v) is 17.5. The van der Waals surface area contributed by atoms with E-state index in [4.69, 9.17) is 19.3 Å². The first-order valence-electron chi connectivity index (χ1n) is 9.48. The summed E-state index contributed by atoms with van der Waals surface area (Å²) in [6.07, 6.45) is -6.45. The predicted molar refractivity (Wildman–Crippen MR) is 109 cm³/mol. The van der Waals surface area contributed by atoms with Gasteiger partial charge in [-0.15, -0.1) is 0 Å². The fourth-order valence-electron chi connectivity index (χ4n) is 2.93. The Labute approximate surface area is 183 Å². The van der Waals surface area contributed by atoms with Crippen LogP contribution in [0.3, 0.4) is 0 Å². The van der Waals surface area contributed by atoms with Crippen molar-refractivity contribution < 1.29 is 42.1 Å². The van der Waals surface area contributed by atoms with Crippen molar-refractivity contribution in [3.8, 4) is 5.75 Å². The molecule has 0 bridgehead atoms. The fraction of sp³-hybridized carbons (Fsp3) is 0.304. The number of benzene rings is 2. The largest absolute Gasteiger partial charge is 0.489 e. The highest BCUT2D eigenvalue weighted by Gasteiger charge is 2.64. The molecule has 32 heavy (non-hydrogen) atoms. The van der Waals surface area contributed by atoms with Gasteiger partial charge in [-0.2, -0.15) is 13.2 Å². The first kappa shape index (κ1) is 24.9. The number of halogens is 3. The number of carbonyl (C=O) groups excluding carboxylic acids is 1. The van der Waals surface area contributed by atoms with Crippen LogP contribution in [0.15, 0.2) is 66.7 Å². The molecule has 0 spiro atoms. The van der Waals surface area contributed by atoms with Gasteiger partial charge in [0, 0.05) is 12.7 Å². The van der Waals surface area contributed by atoms with Gasteiger partial charge in [-0.1, -0.05) is 49.0 Å². The molecule has 1 N–H and O–H groups in total. The number of ether oxygens (including phenoxy) is 3. The molecule has 0 fully saturated rings. The first-order valence-corrected chi connectivity index (χ1v) is 9.48. The van der Waals surface area contributed by atoms with E-state index in [2.05, 4.69) is 6.58 Å². The van der Waals surface area contributed by atoms with E-state index in [1.807, 2.05) is 0 Å². The van der Waals surface area contributed by atoms with Gasteiger partial charge in [0.1, 0.15) is 12.4 Å². The summed E-state index contributed by atoms with van der Waals surface area (Å²) in [5.74, 6) is -2.32. The minimum absolute atomic E-state index is 0.164. The average molecular weight is 452 g/mol. The van der Waals surface area contributed by atoms with Gasteiger partial charge in [0.2, 0.25) is 0 Å². The molecule has 2 aromatic carbocycles. The van der Waals surface area contributed by atoms with Crippen LogP contribution in [0.1, 0.15) is 18.1 Å². The van der Waals surface area contributed by atoms with Gasteiger partial charge >= 0.3 is 18.1 Å². The molecule has 0 radical (unpaired) electrons. The summed E-state index contributed by atoms with van der Waals surface area (Å²) in [5, 5.41) is 8.80. The van der Waals surface area contributed by atoms with E-state index in [-0.39, 0.29) is 18.6 Å². The maximum absolute atomic E-state index is 14.0. The van der Waals surface area contributed by atoms with Gasteiger partial charge in [-0.3, -0.25) is 4.79 Å². The standard InChI is InChI=1S/C23H23F3O6/c1-15(2)19(14-31-18-11-9-16(10-12-18)13-20(27)28)32-21(29)22(30-3,23(24,25)26)17-7-5-4-6-8-17/h4-12,19H,1,13-14H2,2-3H3,(H,27,28)/t19-,22+/m1/s1. The van der Waals surface area contributed by atoms with Gasteiger partial charge in [0.15, 0.2) is 6.10 Å². The highest BCUT2D eigenvalue weighted by molar-refractivity contribution is 5.83. The smallest absolute Gasteiger partial charge is 0.432 e. The molecule has 0 saturated carbocycles. The summed E-state index contributed by atoms with van der Waals surface area (Å²) < 4.78 is 57.5. The Kier molecular flexibility index (Phi) is 8.04. The summed E-state index contributed by atoms with van der Waals surface area (Å²) in [6.45, 7) is 4.85. The summed E-state index contributed by atoms with van der Waals surface area (Å²) in [4.78, 5) is 23.5. The fourth-order valence-corrected chi connectivity index (χ4v) is 2.93. The van der Waals surface area contributed by atoms with Gasteiger partial charge in [-0.05, 0) is 30.2 Å². The van der Waals surface area contributed by atoms with Crippen molar-refractivity contribution in [1.29, 1.82) is 0 Å². The third-order valence-electron chi connectivity index (χ3n) is 4.65. The summed E-state index contributed by atoms with van der Waals surface area (Å²) >= 11 is 0. The van der Waals surface area contributed by atoms with Gasteiger partial charge in [0.25, 0.3) is 5.60 Å². The molecule has 0 amide bonds. The molecule has 0 aromatic heterocycles. The molecule has 2 aromatic rings. The van der Waals surface area contributed by atoms with Crippen LogP contribution in [-0.4, -0.2) is 43.0 Å². The number of methoxy groups -OCH3 is 1. The number of aliphatic carboxylic acids is 1. The molecule has 0 unspecified atom stereocenters. The van der Waals surface area contributed by atoms with Crippen LogP contribution in [-0.2, 0) is 31.1 Å². The van der Waals surface area contributed by atoms with E-state index in [9.17, 15) is 22.8 Å². The lowest BCUT2D eigenvalue weighted by Crippen LogP contribution is -2.53. The SMILES string of the molecule is C=C(C)[C@@H](COc1ccc(CC(=O)O)cc1)OC(=O)[C@@](OC)(c1ccccc1)C(F)(F)F. The number of carboxylic acid groups (broad SMARTS) is 1. The zero-order valence-electron chi connectivity index (χ0n) is 17.5. The van der Waals surface area contributed by atoms with Crippen LogP contribution in [0.5, 0.6) is 5.75 Å². The Morgan fingerprint density at radius 1 is 1.06 bits per heavy atom. The highest BCUT2D eigenvalue weighted by Crippen LogP contribution is 2.43. The van der Waals surface area contributed by atoms with Crippen molar-refractivity contribution in [2.45, 2.75) is 31.2 Å². The van der Waals surface area contributed by atoms with E-state index in [0.717, 1.165) is 19.2 Å². The average Bonchev–Trinajstić information content (AvgIpc) is 2.72. The maximum atomic E-state index is 14.0. The second kappa shape index (κ2) is 10.3. The van der Waals surface area contributed by atoms with Crippen molar-refractivity contribution in [3.63, 3.8) is 0 Å². The number of hydrogen-bond donors (Lipinski definition) is 1. The summed E-state index contributed by atoms with van der Waals surface area (Å²) in [7, 11) is 0.784. The number of carboxylic acids is 1. The number of alkyl halides is 3. The second-order valence-electron chi connectivity index (χ2n) is 7.01. The Balaban J connectivity index is 2.20. The van der Waals surface area contributed by atoms with Crippen LogP contribution in [0.4, 0.5) is 13.2 Å². The molecule has 6 nitrogen and oxygen atoms in total. The van der Waals surface area contributed by atoms with E-state index in [1.165, 1.54) is 37.3 Å². The number of carbonyl (C=O) groups is 2. The maximum Gasteiger partial charge on any atom is 0.432 e. The molecule has 0 saturated heterocycles. The van der Waals surface area contributed by atoms with Crippen LogP contribution in [0, 0.1) is 0 Å². The molecule has 2 rings (SSSR count). The van der Waals surface area contributed by atoms with Gasteiger partial charge < -0.3 is 19.3 Å². The Hall–Kier alpha value is -3.33. The van der Waals surface area contributed by atoms with Crippen molar-refractivity contribution in [3.05, 3.63) is 77.9 Å². The Morgan fingerprint density at radius 2 is 1.66 bits per heavy atom. The molecular formula is C23H23F3O6. The first-order chi connectivity index (χ1) is 15.0. The lowest BCUT2D eigenvalue weighted by Gasteiger charge is -2.33. The number of hydrogen-bond acceptors (Lipinski definition) is 5. The van der Waals surface area contributed by atoms with Gasteiger partial charge in [-0.25, -0.2) is 4.79 Å². The third-order valence-corrected chi connectivity index (χ3v) is 4.65. The van der Waals surface area contributed by atoms with Crippen LogP contribution < -0.4 is 4.74 Å². The molecule has 0 aliphatic heterocycles. The molecule has 0 aliphatic rings.